The van der Waals surface area contributed by atoms with Crippen LogP contribution in [-0.4, -0.2) is 23.3 Å². The Morgan fingerprint density at radius 2 is 2.11 bits per heavy atom. The van der Waals surface area contributed by atoms with Crippen molar-refractivity contribution in [2.24, 2.45) is 0 Å². The van der Waals surface area contributed by atoms with Crippen molar-refractivity contribution < 1.29 is 9.59 Å². The minimum Gasteiger partial charge on any atom is -0.338 e. The number of nitrogens with one attached hydrogen (secondary N) is 1. The van der Waals surface area contributed by atoms with Crippen molar-refractivity contribution in [2.45, 2.75) is 33.2 Å². The number of benzene rings is 1. The lowest BCUT2D eigenvalue weighted by Crippen LogP contribution is -2.35. The molecular weight excluding hydrogens is 228 g/mol. The van der Waals surface area contributed by atoms with Gasteiger partial charge in [-0.3, -0.25) is 9.59 Å². The molecule has 2 amide bonds. The first-order chi connectivity index (χ1) is 8.60. The molecule has 0 aromatic heterocycles. The van der Waals surface area contributed by atoms with Crippen LogP contribution in [0, 0.1) is 0 Å². The molecular formula is C14H18N2O2. The third-order valence-corrected chi connectivity index (χ3v) is 3.19. The van der Waals surface area contributed by atoms with Crippen LogP contribution in [0.4, 0.5) is 5.69 Å². The Bertz CT molecular complexity index is 483. The smallest absolute Gasteiger partial charge is 0.222 e. The van der Waals surface area contributed by atoms with E-state index in [4.69, 9.17) is 0 Å². The van der Waals surface area contributed by atoms with Gasteiger partial charge in [-0.15, -0.1) is 0 Å². The van der Waals surface area contributed by atoms with Crippen LogP contribution in [0.3, 0.4) is 0 Å². The largest absolute Gasteiger partial charge is 0.338 e. The van der Waals surface area contributed by atoms with E-state index in [9.17, 15) is 9.59 Å². The highest BCUT2D eigenvalue weighted by atomic mass is 16.2. The fourth-order valence-corrected chi connectivity index (χ4v) is 2.27. The van der Waals surface area contributed by atoms with E-state index in [1.165, 1.54) is 12.5 Å². The van der Waals surface area contributed by atoms with Gasteiger partial charge in [0.15, 0.2) is 0 Å². The van der Waals surface area contributed by atoms with Crippen LogP contribution in [0.5, 0.6) is 0 Å². The summed E-state index contributed by atoms with van der Waals surface area (Å²) < 4.78 is 0. The van der Waals surface area contributed by atoms with Gasteiger partial charge in [0, 0.05) is 32.1 Å². The van der Waals surface area contributed by atoms with Crippen molar-refractivity contribution in [3.63, 3.8) is 0 Å². The number of fused-ring (bicyclic) bond motifs is 1. The van der Waals surface area contributed by atoms with Gasteiger partial charge in [-0.25, -0.2) is 0 Å². The van der Waals surface area contributed by atoms with Gasteiger partial charge in [0.05, 0.1) is 0 Å². The molecule has 1 aromatic carbocycles. The first kappa shape index (κ1) is 12.6. The number of anilines is 1. The molecule has 0 atom stereocenters. The summed E-state index contributed by atoms with van der Waals surface area (Å²) in [6.45, 7) is 4.81. The molecule has 4 heteroatoms. The summed E-state index contributed by atoms with van der Waals surface area (Å²) in [6.07, 6.45) is 1.43. The Morgan fingerprint density at radius 3 is 2.78 bits per heavy atom. The van der Waals surface area contributed by atoms with Crippen molar-refractivity contribution in [1.82, 2.24) is 4.90 Å². The van der Waals surface area contributed by atoms with E-state index in [0.717, 1.165) is 24.2 Å². The fourth-order valence-electron chi connectivity index (χ4n) is 2.27. The lowest BCUT2D eigenvalue weighted by atomic mass is 9.99. The fraction of sp³-hybridized carbons (Fsp3) is 0.429. The molecule has 1 N–H and O–H groups in total. The van der Waals surface area contributed by atoms with Gasteiger partial charge in [-0.1, -0.05) is 13.0 Å². The summed E-state index contributed by atoms with van der Waals surface area (Å²) in [4.78, 5) is 24.6. The normalized spacial score (nSPS) is 14.0. The number of nitrogens with zero attached hydrogens (tertiary/aromatic N) is 1. The summed E-state index contributed by atoms with van der Waals surface area (Å²) in [5.74, 6) is 0.109. The maximum atomic E-state index is 11.7. The molecule has 1 aliphatic heterocycles. The Balaban J connectivity index is 2.19. The predicted molar refractivity (Wildman–Crippen MR) is 70.2 cm³/mol. The molecule has 0 radical (unpaired) electrons. The molecule has 0 spiro atoms. The first-order valence-corrected chi connectivity index (χ1v) is 6.27. The second-order valence-corrected chi connectivity index (χ2v) is 4.58. The van der Waals surface area contributed by atoms with Crippen LogP contribution in [-0.2, 0) is 22.6 Å². The van der Waals surface area contributed by atoms with Crippen LogP contribution in [0.1, 0.15) is 31.4 Å². The molecule has 4 nitrogen and oxygen atoms in total. The average molecular weight is 246 g/mol. The zero-order valence-corrected chi connectivity index (χ0v) is 10.8. The average Bonchev–Trinajstić information content (AvgIpc) is 2.36. The van der Waals surface area contributed by atoms with Crippen molar-refractivity contribution in [2.75, 3.05) is 11.9 Å². The maximum absolute atomic E-state index is 11.7. The van der Waals surface area contributed by atoms with E-state index in [1.807, 2.05) is 30.0 Å². The van der Waals surface area contributed by atoms with Gasteiger partial charge >= 0.3 is 0 Å². The standard InChI is InChI=1S/C14H18N2O2/c1-3-14(18)16-7-6-11-4-5-13(15-10(2)17)8-12(11)9-16/h4-5,8H,3,6-7,9H2,1-2H3,(H,15,17). The third kappa shape index (κ3) is 2.70. The van der Waals surface area contributed by atoms with Gasteiger partial charge in [0.1, 0.15) is 0 Å². The number of rotatable bonds is 2. The van der Waals surface area contributed by atoms with Crippen molar-refractivity contribution in [3.8, 4) is 0 Å². The van der Waals surface area contributed by atoms with Gasteiger partial charge in [0.2, 0.25) is 11.8 Å². The number of amides is 2. The molecule has 1 aliphatic rings. The Hall–Kier alpha value is -1.84. The Morgan fingerprint density at radius 1 is 1.33 bits per heavy atom. The van der Waals surface area contributed by atoms with Gasteiger partial charge in [0.25, 0.3) is 0 Å². The highest BCUT2D eigenvalue weighted by Crippen LogP contribution is 2.23. The number of hydrogen-bond acceptors (Lipinski definition) is 2. The van der Waals surface area contributed by atoms with E-state index < -0.39 is 0 Å². The highest BCUT2D eigenvalue weighted by molar-refractivity contribution is 5.88. The third-order valence-electron chi connectivity index (χ3n) is 3.19. The molecule has 96 valence electrons. The van der Waals surface area contributed by atoms with Crippen LogP contribution in [0.2, 0.25) is 0 Å². The van der Waals surface area contributed by atoms with Gasteiger partial charge in [-0.2, -0.15) is 0 Å². The zero-order chi connectivity index (χ0) is 13.1. The molecule has 1 aromatic rings. The van der Waals surface area contributed by atoms with Crippen molar-refractivity contribution in [3.05, 3.63) is 29.3 Å². The summed E-state index contributed by atoms with van der Waals surface area (Å²) in [5.41, 5.74) is 3.20. The Kier molecular flexibility index (Phi) is 3.65. The predicted octanol–water partition coefficient (Wildman–Crippen LogP) is 1.94. The van der Waals surface area contributed by atoms with E-state index in [2.05, 4.69) is 5.32 Å². The summed E-state index contributed by atoms with van der Waals surface area (Å²) >= 11 is 0. The number of carbonyl (C=O) groups excluding carboxylic acids is 2. The topological polar surface area (TPSA) is 49.4 Å². The molecule has 0 unspecified atom stereocenters. The molecule has 0 saturated carbocycles. The summed E-state index contributed by atoms with van der Waals surface area (Å²) in [7, 11) is 0. The molecule has 0 aliphatic carbocycles. The lowest BCUT2D eigenvalue weighted by molar-refractivity contribution is -0.131. The van der Waals surface area contributed by atoms with Crippen LogP contribution >= 0.6 is 0 Å². The molecule has 1 heterocycles. The molecule has 18 heavy (non-hydrogen) atoms. The second-order valence-electron chi connectivity index (χ2n) is 4.58. The van der Waals surface area contributed by atoms with E-state index in [1.54, 1.807) is 0 Å². The van der Waals surface area contributed by atoms with E-state index >= 15 is 0 Å². The second kappa shape index (κ2) is 5.21. The van der Waals surface area contributed by atoms with Crippen LogP contribution < -0.4 is 5.32 Å². The number of carbonyl (C=O) groups is 2. The minimum atomic E-state index is -0.0766. The van der Waals surface area contributed by atoms with Crippen molar-refractivity contribution in [1.29, 1.82) is 0 Å². The quantitative estimate of drug-likeness (QED) is 0.867. The molecule has 2 rings (SSSR count). The molecule has 0 saturated heterocycles. The van der Waals surface area contributed by atoms with E-state index in [0.29, 0.717) is 13.0 Å². The van der Waals surface area contributed by atoms with Crippen LogP contribution in [0.15, 0.2) is 18.2 Å². The summed E-state index contributed by atoms with van der Waals surface area (Å²) in [5, 5.41) is 2.77. The van der Waals surface area contributed by atoms with Crippen molar-refractivity contribution >= 4 is 17.5 Å². The SMILES string of the molecule is CCC(=O)N1CCc2ccc(NC(C)=O)cc2C1. The molecule has 0 bridgehead atoms. The highest BCUT2D eigenvalue weighted by Gasteiger charge is 2.19. The first-order valence-electron chi connectivity index (χ1n) is 6.27. The maximum Gasteiger partial charge on any atom is 0.222 e. The summed E-state index contributed by atoms with van der Waals surface area (Å²) in [6, 6.07) is 5.91. The monoisotopic (exact) mass is 246 g/mol. The molecule has 0 fully saturated rings. The van der Waals surface area contributed by atoms with Gasteiger partial charge in [-0.05, 0) is 29.7 Å². The Labute approximate surface area is 107 Å². The van der Waals surface area contributed by atoms with Gasteiger partial charge < -0.3 is 10.2 Å². The lowest BCUT2D eigenvalue weighted by Gasteiger charge is -2.29. The number of hydrogen-bond donors (Lipinski definition) is 1. The zero-order valence-electron chi connectivity index (χ0n) is 10.8. The minimum absolute atomic E-state index is 0.0766. The van der Waals surface area contributed by atoms with E-state index in [-0.39, 0.29) is 11.8 Å². The van der Waals surface area contributed by atoms with Crippen LogP contribution in [0.25, 0.3) is 0 Å².